The van der Waals surface area contributed by atoms with Crippen LogP contribution in [0.25, 0.3) is 0 Å². The van der Waals surface area contributed by atoms with E-state index in [1.165, 1.54) is 11.8 Å². The lowest BCUT2D eigenvalue weighted by Gasteiger charge is -2.19. The maximum atomic E-state index is 12.1. The SMILES string of the molecule is Cc1ccoc1C(=O)NC[C@H]1CCO[C@@H]1c1ccccc1. The number of aryl methyl sites for hydroxylation is 1. The summed E-state index contributed by atoms with van der Waals surface area (Å²) >= 11 is 0. The third-order valence-corrected chi connectivity index (χ3v) is 3.94. The first-order valence-corrected chi connectivity index (χ1v) is 7.24. The van der Waals surface area contributed by atoms with E-state index in [9.17, 15) is 4.79 Å². The minimum atomic E-state index is -0.156. The van der Waals surface area contributed by atoms with E-state index in [2.05, 4.69) is 17.4 Å². The van der Waals surface area contributed by atoms with Crippen molar-refractivity contribution < 1.29 is 13.9 Å². The molecule has 21 heavy (non-hydrogen) atoms. The Morgan fingerprint density at radius 1 is 1.29 bits per heavy atom. The number of nitrogens with one attached hydrogen (secondary N) is 1. The van der Waals surface area contributed by atoms with E-state index in [1.807, 2.05) is 25.1 Å². The van der Waals surface area contributed by atoms with Gasteiger partial charge >= 0.3 is 0 Å². The van der Waals surface area contributed by atoms with Crippen LogP contribution in [-0.4, -0.2) is 19.1 Å². The van der Waals surface area contributed by atoms with Crippen LogP contribution in [0.2, 0.25) is 0 Å². The Kier molecular flexibility index (Phi) is 4.06. The highest BCUT2D eigenvalue weighted by Crippen LogP contribution is 2.33. The number of furan rings is 1. The summed E-state index contributed by atoms with van der Waals surface area (Å²) in [5, 5.41) is 2.95. The molecule has 2 aromatic rings. The van der Waals surface area contributed by atoms with Crippen molar-refractivity contribution in [2.75, 3.05) is 13.2 Å². The number of benzene rings is 1. The molecule has 2 atom stereocenters. The summed E-state index contributed by atoms with van der Waals surface area (Å²) in [6.45, 7) is 3.20. The highest BCUT2D eigenvalue weighted by Gasteiger charge is 2.30. The van der Waals surface area contributed by atoms with Crippen molar-refractivity contribution in [2.24, 2.45) is 5.92 Å². The van der Waals surface area contributed by atoms with Crippen LogP contribution in [0.4, 0.5) is 0 Å². The Balaban J connectivity index is 1.62. The first kappa shape index (κ1) is 13.9. The van der Waals surface area contributed by atoms with Gasteiger partial charge in [0.05, 0.1) is 12.4 Å². The summed E-state index contributed by atoms with van der Waals surface area (Å²) < 4.78 is 11.0. The molecule has 0 radical (unpaired) electrons. The monoisotopic (exact) mass is 285 g/mol. The van der Waals surface area contributed by atoms with Gasteiger partial charge in [-0.2, -0.15) is 0 Å². The third kappa shape index (κ3) is 3.00. The molecule has 4 nitrogen and oxygen atoms in total. The average molecular weight is 285 g/mol. The highest BCUT2D eigenvalue weighted by atomic mass is 16.5. The van der Waals surface area contributed by atoms with Gasteiger partial charge < -0.3 is 14.5 Å². The van der Waals surface area contributed by atoms with Crippen molar-refractivity contribution in [1.29, 1.82) is 0 Å². The van der Waals surface area contributed by atoms with Gasteiger partial charge in [0.2, 0.25) is 0 Å². The van der Waals surface area contributed by atoms with Crippen LogP contribution >= 0.6 is 0 Å². The second kappa shape index (κ2) is 6.14. The molecule has 1 fully saturated rings. The van der Waals surface area contributed by atoms with E-state index in [0.29, 0.717) is 18.2 Å². The topological polar surface area (TPSA) is 51.5 Å². The number of hydrogen-bond acceptors (Lipinski definition) is 3. The van der Waals surface area contributed by atoms with Crippen LogP contribution in [0, 0.1) is 12.8 Å². The quantitative estimate of drug-likeness (QED) is 0.939. The van der Waals surface area contributed by atoms with E-state index < -0.39 is 0 Å². The third-order valence-electron chi connectivity index (χ3n) is 3.94. The molecular weight excluding hydrogens is 266 g/mol. The Morgan fingerprint density at radius 3 is 2.81 bits per heavy atom. The lowest BCUT2D eigenvalue weighted by Crippen LogP contribution is -2.30. The highest BCUT2D eigenvalue weighted by molar-refractivity contribution is 5.92. The zero-order valence-electron chi connectivity index (χ0n) is 12.0. The maximum absolute atomic E-state index is 12.1. The van der Waals surface area contributed by atoms with Crippen molar-refractivity contribution in [2.45, 2.75) is 19.4 Å². The molecule has 2 heterocycles. The minimum Gasteiger partial charge on any atom is -0.459 e. The smallest absolute Gasteiger partial charge is 0.287 e. The molecule has 0 aliphatic carbocycles. The molecule has 1 aliphatic heterocycles. The van der Waals surface area contributed by atoms with Crippen molar-refractivity contribution >= 4 is 5.91 Å². The van der Waals surface area contributed by atoms with Crippen LogP contribution in [0.5, 0.6) is 0 Å². The van der Waals surface area contributed by atoms with E-state index in [4.69, 9.17) is 9.15 Å². The van der Waals surface area contributed by atoms with Gasteiger partial charge in [-0.15, -0.1) is 0 Å². The van der Waals surface area contributed by atoms with Crippen LogP contribution in [0.3, 0.4) is 0 Å². The fraction of sp³-hybridized carbons (Fsp3) is 0.353. The standard InChI is InChI=1S/C17H19NO3/c1-12-7-9-20-15(12)17(19)18-11-14-8-10-21-16(14)13-5-3-2-4-6-13/h2-7,9,14,16H,8,10-11H2,1H3,(H,18,19)/t14-,16-/m1/s1. The van der Waals surface area contributed by atoms with Crippen molar-refractivity contribution in [3.8, 4) is 0 Å². The molecule has 1 N–H and O–H groups in total. The van der Waals surface area contributed by atoms with E-state index >= 15 is 0 Å². The summed E-state index contributed by atoms with van der Waals surface area (Å²) in [6, 6.07) is 12.0. The molecule has 0 spiro atoms. The number of amides is 1. The summed E-state index contributed by atoms with van der Waals surface area (Å²) in [5.41, 5.74) is 2.03. The van der Waals surface area contributed by atoms with Gasteiger partial charge in [0.25, 0.3) is 5.91 Å². The van der Waals surface area contributed by atoms with Gasteiger partial charge in [0.15, 0.2) is 5.76 Å². The predicted octanol–water partition coefficient (Wildman–Crippen LogP) is 3.10. The van der Waals surface area contributed by atoms with E-state index in [-0.39, 0.29) is 12.0 Å². The summed E-state index contributed by atoms with van der Waals surface area (Å²) in [4.78, 5) is 12.1. The van der Waals surface area contributed by atoms with Gasteiger partial charge in [-0.05, 0) is 25.0 Å². The fourth-order valence-corrected chi connectivity index (χ4v) is 2.76. The number of carbonyl (C=O) groups is 1. The molecule has 1 aliphatic rings. The molecular formula is C17H19NO3. The normalized spacial score (nSPS) is 21.4. The maximum Gasteiger partial charge on any atom is 0.287 e. The van der Waals surface area contributed by atoms with Crippen molar-refractivity contribution in [3.05, 3.63) is 59.5 Å². The van der Waals surface area contributed by atoms with Crippen LogP contribution in [0.15, 0.2) is 47.1 Å². The molecule has 1 aromatic carbocycles. The average Bonchev–Trinajstić information content (AvgIpc) is 3.14. The summed E-state index contributed by atoms with van der Waals surface area (Å²) in [6.07, 6.45) is 2.55. The van der Waals surface area contributed by atoms with E-state index in [1.54, 1.807) is 6.07 Å². The van der Waals surface area contributed by atoms with E-state index in [0.717, 1.165) is 18.6 Å². The second-order valence-electron chi connectivity index (χ2n) is 5.39. The first-order chi connectivity index (χ1) is 10.3. The van der Waals surface area contributed by atoms with Gasteiger partial charge in [-0.25, -0.2) is 0 Å². The minimum absolute atomic E-state index is 0.0594. The molecule has 110 valence electrons. The van der Waals surface area contributed by atoms with Gasteiger partial charge in [0.1, 0.15) is 0 Å². The molecule has 1 amide bonds. The molecule has 1 aromatic heterocycles. The molecule has 3 rings (SSSR count). The molecule has 0 unspecified atom stereocenters. The lowest BCUT2D eigenvalue weighted by molar-refractivity contribution is 0.0832. The number of rotatable bonds is 4. The zero-order chi connectivity index (χ0) is 14.7. The predicted molar refractivity (Wildman–Crippen MR) is 79.0 cm³/mol. The summed E-state index contributed by atoms with van der Waals surface area (Å²) in [5.74, 6) is 0.535. The van der Waals surface area contributed by atoms with Crippen LogP contribution < -0.4 is 5.32 Å². The largest absolute Gasteiger partial charge is 0.459 e. The fourth-order valence-electron chi connectivity index (χ4n) is 2.76. The van der Waals surface area contributed by atoms with Crippen LogP contribution in [-0.2, 0) is 4.74 Å². The molecule has 1 saturated heterocycles. The lowest BCUT2D eigenvalue weighted by atomic mass is 9.95. The Labute approximate surface area is 124 Å². The Hall–Kier alpha value is -2.07. The first-order valence-electron chi connectivity index (χ1n) is 7.24. The van der Waals surface area contributed by atoms with Crippen LogP contribution in [0.1, 0.15) is 34.2 Å². The molecule has 0 saturated carbocycles. The number of ether oxygens (including phenoxy) is 1. The van der Waals surface area contributed by atoms with Gasteiger partial charge in [-0.3, -0.25) is 4.79 Å². The number of hydrogen-bond donors (Lipinski definition) is 1. The van der Waals surface area contributed by atoms with Gasteiger partial charge in [0, 0.05) is 24.6 Å². The number of carbonyl (C=O) groups excluding carboxylic acids is 1. The Bertz CT molecular complexity index is 606. The second-order valence-corrected chi connectivity index (χ2v) is 5.39. The zero-order valence-corrected chi connectivity index (χ0v) is 12.0. The van der Waals surface area contributed by atoms with Gasteiger partial charge in [-0.1, -0.05) is 30.3 Å². The van der Waals surface area contributed by atoms with Crippen molar-refractivity contribution in [3.63, 3.8) is 0 Å². The molecule has 0 bridgehead atoms. The Morgan fingerprint density at radius 2 is 2.10 bits per heavy atom. The van der Waals surface area contributed by atoms with Crippen molar-refractivity contribution in [1.82, 2.24) is 5.32 Å². The molecule has 4 heteroatoms. The summed E-state index contributed by atoms with van der Waals surface area (Å²) in [7, 11) is 0.